The topological polar surface area (TPSA) is 95.7 Å². The van der Waals surface area contributed by atoms with Crippen LogP contribution in [0, 0.1) is 5.92 Å². The summed E-state index contributed by atoms with van der Waals surface area (Å²) in [4.78, 5) is 24.3. The third-order valence-electron chi connectivity index (χ3n) is 3.92. The number of amides is 2. The molecular weight excluding hydrogens is 258 g/mol. The van der Waals surface area contributed by atoms with Gasteiger partial charge >= 0.3 is 12.0 Å². The van der Waals surface area contributed by atoms with Gasteiger partial charge in [0.05, 0.1) is 0 Å². The van der Waals surface area contributed by atoms with E-state index in [0.717, 1.165) is 32.2 Å². The lowest BCUT2D eigenvalue weighted by molar-refractivity contribution is -0.137. The van der Waals surface area contributed by atoms with Gasteiger partial charge in [-0.2, -0.15) is 0 Å². The van der Waals surface area contributed by atoms with Crippen LogP contribution in [0.2, 0.25) is 0 Å². The molecule has 0 aliphatic carbocycles. The number of carboxylic acids is 1. The highest BCUT2D eigenvalue weighted by Crippen LogP contribution is 2.15. The maximum atomic E-state index is 11.9. The van der Waals surface area contributed by atoms with Crippen LogP contribution in [0.1, 0.15) is 45.4 Å². The van der Waals surface area contributed by atoms with E-state index >= 15 is 0 Å². The smallest absolute Gasteiger partial charge is 0.317 e. The maximum absolute atomic E-state index is 11.9. The van der Waals surface area contributed by atoms with Crippen LogP contribution in [0.15, 0.2) is 0 Å². The minimum atomic E-state index is -0.755. The largest absolute Gasteiger partial charge is 0.481 e. The third kappa shape index (κ3) is 6.23. The zero-order valence-electron chi connectivity index (χ0n) is 12.3. The van der Waals surface area contributed by atoms with Gasteiger partial charge in [-0.05, 0) is 31.6 Å². The number of aliphatic carboxylic acids is 1. The Bertz CT molecular complexity index is 323. The Morgan fingerprint density at radius 3 is 2.80 bits per heavy atom. The molecule has 2 amide bonds. The van der Waals surface area contributed by atoms with Gasteiger partial charge in [-0.1, -0.05) is 13.3 Å². The molecule has 20 heavy (non-hydrogen) atoms. The summed E-state index contributed by atoms with van der Waals surface area (Å²) in [5.41, 5.74) is 5.85. The highest BCUT2D eigenvalue weighted by Gasteiger charge is 2.20. The van der Waals surface area contributed by atoms with E-state index in [1.54, 1.807) is 4.90 Å². The van der Waals surface area contributed by atoms with Crippen LogP contribution in [-0.4, -0.2) is 47.7 Å². The molecule has 0 aromatic carbocycles. The van der Waals surface area contributed by atoms with Gasteiger partial charge in [0.15, 0.2) is 0 Å². The van der Waals surface area contributed by atoms with Crippen LogP contribution in [0.25, 0.3) is 0 Å². The van der Waals surface area contributed by atoms with Crippen LogP contribution >= 0.6 is 0 Å². The second kappa shape index (κ2) is 8.79. The number of urea groups is 1. The van der Waals surface area contributed by atoms with E-state index in [1.165, 1.54) is 0 Å². The van der Waals surface area contributed by atoms with Crippen molar-refractivity contribution in [3.63, 3.8) is 0 Å². The number of hydrogen-bond acceptors (Lipinski definition) is 3. The normalized spacial score (nSPS) is 20.5. The van der Waals surface area contributed by atoms with Crippen molar-refractivity contribution in [2.75, 3.05) is 19.6 Å². The molecule has 0 aromatic heterocycles. The average Bonchev–Trinajstić information content (AvgIpc) is 2.42. The molecule has 2 atom stereocenters. The first-order valence-electron chi connectivity index (χ1n) is 7.53. The number of nitrogens with two attached hydrogens (primary N) is 1. The zero-order chi connectivity index (χ0) is 15.0. The minimum absolute atomic E-state index is 0.0479. The summed E-state index contributed by atoms with van der Waals surface area (Å²) in [5.74, 6) is -0.398. The number of nitrogens with one attached hydrogen (secondary N) is 1. The van der Waals surface area contributed by atoms with Crippen LogP contribution in [-0.2, 0) is 4.79 Å². The van der Waals surface area contributed by atoms with Gasteiger partial charge in [0, 0.05) is 32.1 Å². The number of likely N-dealkylation sites (tertiary alicyclic amines) is 1. The molecule has 1 heterocycles. The number of nitrogens with zero attached hydrogens (tertiary/aromatic N) is 1. The van der Waals surface area contributed by atoms with Gasteiger partial charge in [0.1, 0.15) is 0 Å². The van der Waals surface area contributed by atoms with Crippen molar-refractivity contribution in [3.8, 4) is 0 Å². The molecule has 0 bridgehead atoms. The molecule has 1 saturated heterocycles. The number of piperidine rings is 1. The van der Waals surface area contributed by atoms with E-state index in [4.69, 9.17) is 10.8 Å². The molecule has 1 fully saturated rings. The van der Waals surface area contributed by atoms with E-state index in [-0.39, 0.29) is 18.5 Å². The molecule has 2 unspecified atom stereocenters. The molecule has 6 heteroatoms. The Morgan fingerprint density at radius 2 is 2.20 bits per heavy atom. The molecule has 1 aliphatic rings. The molecule has 6 nitrogen and oxygen atoms in total. The molecule has 1 rings (SSSR count). The summed E-state index contributed by atoms with van der Waals surface area (Å²) in [6.07, 6.45) is 4.60. The van der Waals surface area contributed by atoms with Crippen LogP contribution in [0.3, 0.4) is 0 Å². The fraction of sp³-hybridized carbons (Fsp3) is 0.857. The van der Waals surface area contributed by atoms with Gasteiger partial charge < -0.3 is 21.1 Å². The number of carboxylic acid groups (broad SMARTS) is 1. The van der Waals surface area contributed by atoms with Crippen molar-refractivity contribution in [1.29, 1.82) is 0 Å². The molecule has 4 N–H and O–H groups in total. The Hall–Kier alpha value is -1.30. The summed E-state index contributed by atoms with van der Waals surface area (Å²) in [7, 11) is 0. The fourth-order valence-corrected chi connectivity index (χ4v) is 2.57. The van der Waals surface area contributed by atoms with Crippen molar-refractivity contribution in [1.82, 2.24) is 10.2 Å². The quantitative estimate of drug-likeness (QED) is 0.659. The van der Waals surface area contributed by atoms with E-state index in [2.05, 4.69) is 12.2 Å². The number of rotatable bonds is 7. The summed E-state index contributed by atoms with van der Waals surface area (Å²) >= 11 is 0. The number of hydrogen-bond donors (Lipinski definition) is 3. The van der Waals surface area contributed by atoms with Crippen molar-refractivity contribution in [2.45, 2.75) is 51.5 Å². The van der Waals surface area contributed by atoms with Crippen molar-refractivity contribution < 1.29 is 14.7 Å². The lowest BCUT2D eigenvalue weighted by Gasteiger charge is -2.31. The van der Waals surface area contributed by atoms with Gasteiger partial charge in [-0.25, -0.2) is 4.79 Å². The Kier molecular flexibility index (Phi) is 7.36. The highest BCUT2D eigenvalue weighted by molar-refractivity contribution is 5.74. The second-order valence-electron chi connectivity index (χ2n) is 5.58. The summed E-state index contributed by atoms with van der Waals surface area (Å²) < 4.78 is 0. The molecule has 0 radical (unpaired) electrons. The zero-order valence-corrected chi connectivity index (χ0v) is 12.3. The first-order valence-corrected chi connectivity index (χ1v) is 7.53. The van der Waals surface area contributed by atoms with Crippen molar-refractivity contribution >= 4 is 12.0 Å². The molecule has 1 aliphatic heterocycles. The lowest BCUT2D eigenvalue weighted by atomic mass is 9.97. The van der Waals surface area contributed by atoms with Gasteiger partial charge in [0.25, 0.3) is 0 Å². The lowest BCUT2D eigenvalue weighted by Crippen LogP contribution is -2.49. The van der Waals surface area contributed by atoms with Crippen LogP contribution < -0.4 is 11.1 Å². The third-order valence-corrected chi connectivity index (χ3v) is 3.92. The number of carbonyl (C=O) groups is 2. The van der Waals surface area contributed by atoms with E-state index in [0.29, 0.717) is 25.4 Å². The van der Waals surface area contributed by atoms with Gasteiger partial charge in [-0.15, -0.1) is 0 Å². The summed E-state index contributed by atoms with van der Waals surface area (Å²) in [6, 6.07) is 0.0432. The summed E-state index contributed by atoms with van der Waals surface area (Å²) in [5, 5.41) is 11.6. The molecular formula is C14H27N3O3. The van der Waals surface area contributed by atoms with Crippen molar-refractivity contribution in [3.05, 3.63) is 0 Å². The molecule has 0 aromatic rings. The Labute approximate surface area is 120 Å². The van der Waals surface area contributed by atoms with Crippen LogP contribution in [0.5, 0.6) is 0 Å². The monoisotopic (exact) mass is 285 g/mol. The Balaban J connectivity index is 2.21. The molecule has 0 saturated carbocycles. The maximum Gasteiger partial charge on any atom is 0.317 e. The van der Waals surface area contributed by atoms with E-state index < -0.39 is 5.97 Å². The van der Waals surface area contributed by atoms with E-state index in [9.17, 15) is 9.59 Å². The second-order valence-corrected chi connectivity index (χ2v) is 5.58. The van der Waals surface area contributed by atoms with Crippen molar-refractivity contribution in [2.24, 2.45) is 11.7 Å². The van der Waals surface area contributed by atoms with Crippen LogP contribution in [0.4, 0.5) is 4.79 Å². The van der Waals surface area contributed by atoms with E-state index in [1.807, 2.05) is 0 Å². The number of carbonyl (C=O) groups excluding carboxylic acids is 1. The standard InChI is InChI=1S/C14H27N3O3/c1-2-11(5-6-13(18)19)7-8-16-14(20)17-9-3-4-12(15)10-17/h11-12H,2-10,15H2,1H3,(H,16,20)(H,18,19). The first-order chi connectivity index (χ1) is 9.52. The highest BCUT2D eigenvalue weighted by atomic mass is 16.4. The Morgan fingerprint density at radius 1 is 1.45 bits per heavy atom. The predicted molar refractivity (Wildman–Crippen MR) is 77.4 cm³/mol. The van der Waals surface area contributed by atoms with Gasteiger partial charge in [0.2, 0.25) is 0 Å². The van der Waals surface area contributed by atoms with Gasteiger partial charge in [-0.3, -0.25) is 4.79 Å². The fourth-order valence-electron chi connectivity index (χ4n) is 2.57. The predicted octanol–water partition coefficient (Wildman–Crippen LogP) is 1.40. The minimum Gasteiger partial charge on any atom is -0.481 e. The first kappa shape index (κ1) is 16.8. The molecule has 116 valence electrons. The summed E-state index contributed by atoms with van der Waals surface area (Å²) in [6.45, 7) is 4.05. The SMILES string of the molecule is CCC(CCNC(=O)N1CCCC(N)C1)CCC(=O)O. The average molecular weight is 285 g/mol. The molecule has 0 spiro atoms.